The molecule has 19 nitrogen and oxygen atoms in total. The number of methoxy groups -OCH3 is 2. The molecule has 0 aliphatic carbocycles. The molecule has 0 saturated carbocycles. The number of hydrogen-bond acceptors (Lipinski definition) is 16. The van der Waals surface area contributed by atoms with E-state index in [4.69, 9.17) is 34.8 Å². The van der Waals surface area contributed by atoms with E-state index in [2.05, 4.69) is 25.3 Å². The van der Waals surface area contributed by atoms with Gasteiger partial charge in [-0.25, -0.2) is 9.87 Å². The number of hydrogen-bond donors (Lipinski definition) is 4. The van der Waals surface area contributed by atoms with Gasteiger partial charge < -0.3 is 44.9 Å². The number of aromatic nitrogens is 3. The Morgan fingerprint density at radius 1 is 0.988 bits per heavy atom. The fourth-order valence-electron chi connectivity index (χ4n) is 12.6. The summed E-state index contributed by atoms with van der Waals surface area (Å²) in [6.45, 7) is 17.1. The van der Waals surface area contributed by atoms with Crippen LogP contribution in [0.5, 0.6) is 0 Å². The van der Waals surface area contributed by atoms with Gasteiger partial charge in [0.05, 0.1) is 73.1 Å². The number of nitrogens with zero attached hydrogens (tertiary/aromatic N) is 8. The molecule has 4 aromatic rings. The van der Waals surface area contributed by atoms with Crippen molar-refractivity contribution in [2.24, 2.45) is 22.5 Å². The van der Waals surface area contributed by atoms with Crippen LogP contribution < -0.4 is 21.3 Å². The van der Waals surface area contributed by atoms with Crippen molar-refractivity contribution in [1.29, 1.82) is 0 Å². The Hall–Kier alpha value is -4.82. The number of carbonyl (C=O) groups excluding carboxylic acids is 3. The summed E-state index contributed by atoms with van der Waals surface area (Å²) in [6.07, 6.45) is -0.351. The first kappa shape index (κ1) is 60.8. The second-order valence-corrected chi connectivity index (χ2v) is 25.5. The molecule has 1 spiro atoms. The Morgan fingerprint density at radius 2 is 1.72 bits per heavy atom. The van der Waals surface area contributed by atoms with Crippen molar-refractivity contribution in [3.05, 3.63) is 52.1 Å². The molecule has 8 atom stereocenters. The van der Waals surface area contributed by atoms with Crippen LogP contribution in [0, 0.1) is 16.7 Å². The third kappa shape index (κ3) is 13.7. The average molecular weight is 1150 g/mol. The van der Waals surface area contributed by atoms with E-state index in [0.29, 0.717) is 135 Å². The van der Waals surface area contributed by atoms with E-state index in [1.54, 1.807) is 25.4 Å². The molecule has 23 heteroatoms. The number of nitrogens with one attached hydrogen (secondary N) is 2. The summed E-state index contributed by atoms with van der Waals surface area (Å²) in [4.78, 5) is 68.7. The highest BCUT2D eigenvalue weighted by atomic mass is 32.1. The number of amides is 3. The number of pyridine rings is 1. The second kappa shape index (κ2) is 25.2. The lowest BCUT2D eigenvalue weighted by molar-refractivity contribution is -0.259. The van der Waals surface area contributed by atoms with Gasteiger partial charge in [0.25, 0.3) is 0 Å². The fourth-order valence-corrected chi connectivity index (χ4v) is 13.6. The molecule has 446 valence electrons. The largest absolute Gasteiger partial charge is 0.406 e. The average Bonchev–Trinajstić information content (AvgIpc) is 4.11. The van der Waals surface area contributed by atoms with Gasteiger partial charge in [-0.15, -0.1) is 11.3 Å². The smallest absolute Gasteiger partial charge is 0.379 e. The van der Waals surface area contributed by atoms with Crippen LogP contribution in [0.2, 0.25) is 0 Å². The molecule has 5 aliphatic heterocycles. The summed E-state index contributed by atoms with van der Waals surface area (Å²) in [6, 6.07) is 4.75. The zero-order valence-corrected chi connectivity index (χ0v) is 49.3. The lowest BCUT2D eigenvalue weighted by atomic mass is 9.84. The molecule has 5 saturated heterocycles. The lowest BCUT2D eigenvalue weighted by Gasteiger charge is -2.45. The summed E-state index contributed by atoms with van der Waals surface area (Å²) in [5.74, 6) is -0.569. The Bertz CT molecular complexity index is 2850. The van der Waals surface area contributed by atoms with Crippen LogP contribution in [-0.4, -0.2) is 200 Å². The quantitative estimate of drug-likeness (QED) is 0.0261. The van der Waals surface area contributed by atoms with Crippen molar-refractivity contribution in [3.8, 4) is 22.5 Å². The molecule has 5 aliphatic rings. The predicted octanol–water partition coefficient (Wildman–Crippen LogP) is 6.35. The number of morpholine rings is 1. The van der Waals surface area contributed by atoms with Crippen LogP contribution >= 0.6 is 11.3 Å². The molecule has 5 fully saturated rings. The van der Waals surface area contributed by atoms with E-state index in [0.717, 1.165) is 25.1 Å². The van der Waals surface area contributed by atoms with Gasteiger partial charge in [0, 0.05) is 112 Å². The maximum Gasteiger partial charge on any atom is 0.406 e. The first-order valence-corrected chi connectivity index (χ1v) is 29.5. The molecule has 9 rings (SSSR count). The van der Waals surface area contributed by atoms with Crippen LogP contribution in [0.1, 0.15) is 95.6 Å². The van der Waals surface area contributed by atoms with Gasteiger partial charge in [-0.05, 0) is 94.6 Å². The fraction of sp³-hybridized carbons (Fsp3) is 0.672. The highest BCUT2D eigenvalue weighted by Gasteiger charge is 2.51. The second-order valence-electron chi connectivity index (χ2n) is 24.6. The number of halogens is 3. The summed E-state index contributed by atoms with van der Waals surface area (Å²) in [5, 5.41) is 19.2. The Morgan fingerprint density at radius 3 is 2.37 bits per heavy atom. The minimum atomic E-state index is -4.63. The number of ether oxygens (including phenoxy) is 3. The van der Waals surface area contributed by atoms with E-state index in [9.17, 15) is 14.8 Å². The van der Waals surface area contributed by atoms with Crippen LogP contribution in [0.25, 0.3) is 33.4 Å². The topological polar surface area (TPSA) is 205 Å². The van der Waals surface area contributed by atoms with Crippen LogP contribution in [0.3, 0.4) is 0 Å². The van der Waals surface area contributed by atoms with Gasteiger partial charge in [0.2, 0.25) is 17.7 Å². The molecule has 3 aromatic heterocycles. The summed E-state index contributed by atoms with van der Waals surface area (Å²) >= 11 is 1.35. The van der Waals surface area contributed by atoms with Crippen LogP contribution in [0.15, 0.2) is 35.8 Å². The predicted molar refractivity (Wildman–Crippen MR) is 305 cm³/mol. The van der Waals surface area contributed by atoms with Crippen molar-refractivity contribution in [3.63, 3.8) is 0 Å². The van der Waals surface area contributed by atoms with Crippen LogP contribution in [0.4, 0.5) is 18.9 Å². The number of likely N-dealkylation sites (tertiary alicyclic amines) is 3. The molecule has 0 bridgehead atoms. The Balaban J connectivity index is 1.10. The lowest BCUT2D eigenvalue weighted by Crippen LogP contribution is -2.63. The van der Waals surface area contributed by atoms with Crippen molar-refractivity contribution in [2.75, 3.05) is 111 Å². The number of likely N-dealkylation sites (N-methyl/N-ethyl adjacent to an activating group) is 1. The highest BCUT2D eigenvalue weighted by Crippen LogP contribution is 2.46. The van der Waals surface area contributed by atoms with Crippen molar-refractivity contribution < 1.29 is 51.9 Å². The monoisotopic (exact) mass is 1150 g/mol. The third-order valence-corrected chi connectivity index (χ3v) is 18.2. The Kier molecular flexibility index (Phi) is 18.9. The summed E-state index contributed by atoms with van der Waals surface area (Å²) in [7, 11) is 5.15. The first-order valence-electron chi connectivity index (χ1n) is 28.7. The molecule has 0 radical (unpaired) electrons. The number of anilines is 1. The van der Waals surface area contributed by atoms with E-state index in [1.165, 1.54) is 23.0 Å². The van der Waals surface area contributed by atoms with E-state index in [-0.39, 0.29) is 60.3 Å². The molecule has 81 heavy (non-hydrogen) atoms. The number of fused-ring (bicyclic) bond motifs is 1. The maximum atomic E-state index is 15.1. The molecule has 8 heterocycles. The molecule has 3 amide bonds. The van der Waals surface area contributed by atoms with E-state index >= 15 is 18.0 Å². The maximum absolute atomic E-state index is 15.1. The van der Waals surface area contributed by atoms with Crippen molar-refractivity contribution in [1.82, 2.24) is 44.8 Å². The van der Waals surface area contributed by atoms with Gasteiger partial charge in [0.1, 0.15) is 23.6 Å². The van der Waals surface area contributed by atoms with Gasteiger partial charge >= 0.3 is 6.18 Å². The van der Waals surface area contributed by atoms with Crippen molar-refractivity contribution >= 4 is 45.6 Å². The van der Waals surface area contributed by atoms with Crippen LogP contribution in [-0.2, 0) is 46.4 Å². The number of rotatable bonds is 24. The zero-order valence-electron chi connectivity index (χ0n) is 48.5. The standard InChI is InChI=1S/C58H84F3N11O8S/c1-35(2)49(69-17-14-57(31-69)15-18-70(32-57)55(75)46-29-67(46)7)53(74)66-48(52(73)63-16-10-11-36(3)62)51(71-27-40(28-71)78-9)54-65-44(30-81-54)38-12-13-45-41(23-38)43(25-56(5,6)34-80-76)50(72(45)33-58(59,60)61)42-24-39(68-19-21-79-22-20-68)26-64-47(42)37(4)77-8/h12-13,23-24,26,30,35-37,40,46,48-49,51,76H,10-11,14-22,25,27-29,31-34,62H2,1-9H3,(H,63,73)(H,66,74)/t36-,37+,46-,48+,49+,51+,57+,67?/m1/s1. The SMILES string of the molecule is COC1CN([C@H](c2nc(-c3ccc4c(c3)c(CC(C)(C)COO)c(-c3cc(N5CCOCC5)cnc3[C@H](C)OC)n4CC(F)(F)F)cs2)[C@H](NC(=O)[C@H](C(C)C)N2CC[C@]3(CCN(C(=O)[C@H]4CN4C)C3)C2)C(=O)NCCC[C@@H](C)N)C1. The molecule has 1 unspecified atom stereocenters. The number of nitrogens with two attached hydrogens (primary N) is 1. The highest BCUT2D eigenvalue weighted by molar-refractivity contribution is 7.10. The molecule has 1 aromatic carbocycles. The normalized spacial score (nSPS) is 23.0. The molecular formula is C58H84F3N11O8S. The minimum Gasteiger partial charge on any atom is -0.379 e. The number of thiazole rings is 1. The molecular weight excluding hydrogens is 1070 g/mol. The first-order chi connectivity index (χ1) is 38.5. The number of carbonyl (C=O) groups is 3. The minimum absolute atomic E-state index is 0.0473. The zero-order chi connectivity index (χ0) is 58.1. The number of benzene rings is 1. The number of alkyl halides is 3. The van der Waals surface area contributed by atoms with Crippen molar-refractivity contribution in [2.45, 2.75) is 129 Å². The summed E-state index contributed by atoms with van der Waals surface area (Å²) in [5.41, 5.74) is 9.33. The third-order valence-electron chi connectivity index (χ3n) is 17.3. The van der Waals surface area contributed by atoms with E-state index < -0.39 is 42.4 Å². The van der Waals surface area contributed by atoms with E-state index in [1.807, 2.05) is 75.9 Å². The van der Waals surface area contributed by atoms with Gasteiger partial charge in [-0.2, -0.15) is 13.2 Å². The van der Waals surface area contributed by atoms with Gasteiger partial charge in [0.15, 0.2) is 0 Å². The Labute approximate surface area is 477 Å². The summed E-state index contributed by atoms with van der Waals surface area (Å²) < 4.78 is 63.8. The van der Waals surface area contributed by atoms with Gasteiger partial charge in [-0.1, -0.05) is 33.8 Å². The van der Waals surface area contributed by atoms with Gasteiger partial charge in [-0.3, -0.25) is 39.3 Å². The molecule has 5 N–H and O–H groups in total.